The van der Waals surface area contributed by atoms with E-state index in [2.05, 4.69) is 0 Å². The van der Waals surface area contributed by atoms with E-state index < -0.39 is 17.5 Å². The molecule has 5 atom stereocenters. The first-order valence-corrected chi connectivity index (χ1v) is 8.59. The summed E-state index contributed by atoms with van der Waals surface area (Å²) in [7, 11) is 0. The Bertz CT molecular complexity index is 832. The minimum absolute atomic E-state index is 0.155. The number of furan rings is 1. The SMILES string of the molecule is C[C@@H]1C=C2OC(=O)C3=C2[C@H](C[C@@H](O)C3)[C@@]12C[C@@H](c1ccoc1)OC2=O. The van der Waals surface area contributed by atoms with Gasteiger partial charge in [-0.2, -0.15) is 0 Å². The van der Waals surface area contributed by atoms with Crippen LogP contribution in [-0.4, -0.2) is 23.1 Å². The van der Waals surface area contributed by atoms with Crippen LogP contribution in [-0.2, 0) is 19.1 Å². The molecule has 0 radical (unpaired) electrons. The third-order valence-corrected chi connectivity index (χ3v) is 6.24. The van der Waals surface area contributed by atoms with Gasteiger partial charge in [0.15, 0.2) is 0 Å². The molecule has 5 rings (SSSR count). The molecule has 2 aliphatic carbocycles. The van der Waals surface area contributed by atoms with Gasteiger partial charge in [0.2, 0.25) is 0 Å². The second-order valence-electron chi connectivity index (χ2n) is 7.44. The molecule has 0 unspecified atom stereocenters. The first-order valence-electron chi connectivity index (χ1n) is 8.59. The molecule has 0 bridgehead atoms. The molecule has 0 aromatic carbocycles. The van der Waals surface area contributed by atoms with Crippen molar-refractivity contribution in [2.75, 3.05) is 0 Å². The van der Waals surface area contributed by atoms with Crippen molar-refractivity contribution in [1.29, 1.82) is 0 Å². The first kappa shape index (κ1) is 15.0. The van der Waals surface area contributed by atoms with E-state index in [1.165, 1.54) is 0 Å². The van der Waals surface area contributed by atoms with Gasteiger partial charge in [-0.3, -0.25) is 4.79 Å². The predicted molar refractivity (Wildman–Crippen MR) is 83.7 cm³/mol. The summed E-state index contributed by atoms with van der Waals surface area (Å²) in [6.45, 7) is 1.95. The van der Waals surface area contributed by atoms with Crippen molar-refractivity contribution in [2.45, 2.75) is 38.4 Å². The normalized spacial score (nSPS) is 39.4. The van der Waals surface area contributed by atoms with Gasteiger partial charge in [-0.25, -0.2) is 4.79 Å². The van der Waals surface area contributed by atoms with E-state index in [0.29, 0.717) is 24.2 Å². The molecule has 4 aliphatic rings. The van der Waals surface area contributed by atoms with Gasteiger partial charge >= 0.3 is 11.9 Å². The van der Waals surface area contributed by atoms with Crippen LogP contribution in [0.4, 0.5) is 0 Å². The predicted octanol–water partition coefficient (Wildman–Crippen LogP) is 2.41. The lowest BCUT2D eigenvalue weighted by Crippen LogP contribution is -2.46. The quantitative estimate of drug-likeness (QED) is 0.789. The Morgan fingerprint density at radius 3 is 2.92 bits per heavy atom. The lowest BCUT2D eigenvalue weighted by molar-refractivity contribution is -0.153. The van der Waals surface area contributed by atoms with E-state index in [0.717, 1.165) is 11.1 Å². The van der Waals surface area contributed by atoms with Gasteiger partial charge < -0.3 is 19.0 Å². The zero-order valence-electron chi connectivity index (χ0n) is 13.7. The lowest BCUT2D eigenvalue weighted by Gasteiger charge is -2.44. The summed E-state index contributed by atoms with van der Waals surface area (Å²) in [5.74, 6) is -0.524. The molecule has 130 valence electrons. The number of ether oxygens (including phenoxy) is 2. The molecule has 1 N–H and O–H groups in total. The van der Waals surface area contributed by atoms with Gasteiger partial charge in [0.1, 0.15) is 11.9 Å². The molecule has 0 saturated carbocycles. The highest BCUT2D eigenvalue weighted by Crippen LogP contribution is 2.61. The van der Waals surface area contributed by atoms with Gasteiger partial charge in [-0.15, -0.1) is 0 Å². The molecule has 1 aromatic heterocycles. The Morgan fingerprint density at radius 1 is 1.32 bits per heavy atom. The van der Waals surface area contributed by atoms with E-state index >= 15 is 0 Å². The summed E-state index contributed by atoms with van der Waals surface area (Å²) in [5, 5.41) is 10.3. The number of hydrogen-bond acceptors (Lipinski definition) is 6. The van der Waals surface area contributed by atoms with Crippen LogP contribution in [0, 0.1) is 17.3 Å². The Morgan fingerprint density at radius 2 is 2.16 bits per heavy atom. The summed E-state index contributed by atoms with van der Waals surface area (Å²) in [6, 6.07) is 1.80. The van der Waals surface area contributed by atoms with Crippen molar-refractivity contribution < 1.29 is 28.6 Å². The molecule has 3 heterocycles. The number of aliphatic hydroxyl groups is 1. The van der Waals surface area contributed by atoms with E-state index in [9.17, 15) is 14.7 Å². The number of aliphatic hydroxyl groups excluding tert-OH is 1. The number of cyclic esters (lactones) is 1. The molecule has 25 heavy (non-hydrogen) atoms. The van der Waals surface area contributed by atoms with Crippen LogP contribution in [0.1, 0.15) is 37.9 Å². The highest BCUT2D eigenvalue weighted by Gasteiger charge is 2.63. The summed E-state index contributed by atoms with van der Waals surface area (Å²) < 4.78 is 16.2. The summed E-state index contributed by atoms with van der Waals surface area (Å²) in [5.41, 5.74) is 1.36. The second-order valence-corrected chi connectivity index (χ2v) is 7.44. The topological polar surface area (TPSA) is 86.0 Å². The minimum Gasteiger partial charge on any atom is -0.472 e. The Labute approximate surface area is 144 Å². The van der Waals surface area contributed by atoms with Crippen LogP contribution in [0.25, 0.3) is 0 Å². The van der Waals surface area contributed by atoms with Gasteiger partial charge in [-0.1, -0.05) is 6.92 Å². The Balaban J connectivity index is 1.64. The van der Waals surface area contributed by atoms with Crippen LogP contribution < -0.4 is 0 Å². The first-order chi connectivity index (χ1) is 12.0. The third kappa shape index (κ3) is 1.83. The van der Waals surface area contributed by atoms with E-state index in [4.69, 9.17) is 13.9 Å². The molecule has 6 heteroatoms. The largest absolute Gasteiger partial charge is 0.472 e. The number of carbonyl (C=O) groups is 2. The summed E-state index contributed by atoms with van der Waals surface area (Å²) >= 11 is 0. The zero-order valence-corrected chi connectivity index (χ0v) is 13.7. The van der Waals surface area contributed by atoms with Gasteiger partial charge in [-0.05, 0) is 24.5 Å². The average molecular weight is 342 g/mol. The van der Waals surface area contributed by atoms with Gasteiger partial charge in [0.25, 0.3) is 0 Å². The Kier molecular flexibility index (Phi) is 2.90. The molecule has 1 aromatic rings. The van der Waals surface area contributed by atoms with Crippen molar-refractivity contribution in [3.05, 3.63) is 47.1 Å². The molecular formula is C19H18O6. The maximum absolute atomic E-state index is 13.0. The summed E-state index contributed by atoms with van der Waals surface area (Å²) in [6.07, 6.45) is 5.21. The van der Waals surface area contributed by atoms with Crippen molar-refractivity contribution in [3.63, 3.8) is 0 Å². The molecule has 1 saturated heterocycles. The van der Waals surface area contributed by atoms with Crippen molar-refractivity contribution in [3.8, 4) is 0 Å². The number of hydrogen-bond donors (Lipinski definition) is 1. The smallest absolute Gasteiger partial charge is 0.339 e. The maximum Gasteiger partial charge on any atom is 0.339 e. The monoisotopic (exact) mass is 342 g/mol. The van der Waals surface area contributed by atoms with Crippen LogP contribution in [0.3, 0.4) is 0 Å². The maximum atomic E-state index is 13.0. The third-order valence-electron chi connectivity index (χ3n) is 6.24. The van der Waals surface area contributed by atoms with Crippen LogP contribution in [0.15, 0.2) is 46.0 Å². The molecule has 1 spiro atoms. The van der Waals surface area contributed by atoms with E-state index in [1.54, 1.807) is 18.6 Å². The highest BCUT2D eigenvalue weighted by atomic mass is 16.6. The number of rotatable bonds is 1. The van der Waals surface area contributed by atoms with Crippen LogP contribution in [0.2, 0.25) is 0 Å². The highest BCUT2D eigenvalue weighted by molar-refractivity contribution is 5.96. The van der Waals surface area contributed by atoms with E-state index in [-0.39, 0.29) is 30.3 Å². The second kappa shape index (κ2) is 4.85. The van der Waals surface area contributed by atoms with Crippen molar-refractivity contribution >= 4 is 11.9 Å². The fourth-order valence-electron chi connectivity index (χ4n) is 5.02. The van der Waals surface area contributed by atoms with Crippen molar-refractivity contribution in [2.24, 2.45) is 17.3 Å². The fourth-order valence-corrected chi connectivity index (χ4v) is 5.02. The zero-order chi connectivity index (χ0) is 17.3. The average Bonchev–Trinajstić information content (AvgIpc) is 3.26. The van der Waals surface area contributed by atoms with Crippen LogP contribution >= 0.6 is 0 Å². The minimum atomic E-state index is -0.790. The summed E-state index contributed by atoms with van der Waals surface area (Å²) in [4.78, 5) is 25.2. The number of fused-ring (bicyclic) bond motifs is 1. The lowest BCUT2D eigenvalue weighted by atomic mass is 9.56. The number of allylic oxidation sites excluding steroid dienone is 2. The molecule has 0 amide bonds. The Hall–Kier alpha value is -2.34. The number of esters is 2. The standard InChI is InChI=1S/C19H18O6/c1-9-4-14-16-12(17(21)24-14)5-11(20)6-13(16)19(9)7-15(25-18(19)22)10-2-3-23-8-10/h2-4,8-9,11,13,15,20H,5-7H2,1H3/t9-,11+,13+,15+,19-/m1/s1. The molecule has 2 aliphatic heterocycles. The van der Waals surface area contributed by atoms with Crippen LogP contribution in [0.5, 0.6) is 0 Å². The number of carbonyl (C=O) groups excluding carboxylic acids is 2. The fraction of sp³-hybridized carbons (Fsp3) is 0.474. The molecular weight excluding hydrogens is 324 g/mol. The van der Waals surface area contributed by atoms with E-state index in [1.807, 2.05) is 13.0 Å². The van der Waals surface area contributed by atoms with Gasteiger partial charge in [0.05, 0.1) is 24.0 Å². The van der Waals surface area contributed by atoms with Gasteiger partial charge in [0, 0.05) is 35.5 Å². The molecule has 1 fully saturated rings. The van der Waals surface area contributed by atoms with Crippen molar-refractivity contribution in [1.82, 2.24) is 0 Å². The molecule has 6 nitrogen and oxygen atoms in total.